The molecule has 5 aromatic carbocycles. The van der Waals surface area contributed by atoms with Crippen LogP contribution in [0.15, 0.2) is 130 Å². The monoisotopic (exact) mass is 520 g/mol. The highest BCUT2D eigenvalue weighted by atomic mass is 28.3. The quantitative estimate of drug-likeness (QED) is 0.233. The molecule has 3 nitrogen and oxygen atoms in total. The van der Waals surface area contributed by atoms with Crippen molar-refractivity contribution in [1.29, 1.82) is 0 Å². The maximum absolute atomic E-state index is 7.20. The minimum atomic E-state index is -2.70. The minimum absolute atomic E-state index is 0.834. The molecule has 0 radical (unpaired) electrons. The van der Waals surface area contributed by atoms with Crippen LogP contribution in [0.2, 0.25) is 0 Å². The molecule has 0 saturated carbocycles. The van der Waals surface area contributed by atoms with E-state index in [1.807, 2.05) is 12.1 Å². The van der Waals surface area contributed by atoms with Gasteiger partial charge < -0.3 is 8.83 Å². The number of hydrogen-bond acceptors (Lipinski definition) is 2. The van der Waals surface area contributed by atoms with Crippen LogP contribution in [0.4, 0.5) is 0 Å². The smallest absolute Gasteiger partial charge is 0.384 e. The van der Waals surface area contributed by atoms with Gasteiger partial charge in [0, 0.05) is 16.3 Å². The summed E-state index contributed by atoms with van der Waals surface area (Å²) in [6, 6.07) is 43.4. The Morgan fingerprint density at radius 1 is 0.615 bits per heavy atom. The van der Waals surface area contributed by atoms with E-state index in [4.69, 9.17) is 8.83 Å². The predicted octanol–water partition coefficient (Wildman–Crippen LogP) is 5.34. The summed E-state index contributed by atoms with van der Waals surface area (Å²) < 4.78 is 16.0. The highest BCUT2D eigenvalue weighted by Gasteiger charge is 2.57. The Labute approximate surface area is 227 Å². The summed E-state index contributed by atoms with van der Waals surface area (Å²) in [6.07, 6.45) is 0. The summed E-state index contributed by atoms with van der Waals surface area (Å²) in [6.45, 7) is 2.14. The molecular formula is C35H26NO2Si+. The summed E-state index contributed by atoms with van der Waals surface area (Å²) in [7, 11) is -0.569. The van der Waals surface area contributed by atoms with Crippen molar-refractivity contribution in [1.82, 2.24) is 0 Å². The van der Waals surface area contributed by atoms with Gasteiger partial charge >= 0.3 is 5.89 Å². The Hall–Kier alpha value is -4.67. The first-order valence-corrected chi connectivity index (χ1v) is 15.3. The van der Waals surface area contributed by atoms with Crippen LogP contribution in [-0.2, 0) is 7.05 Å². The normalized spacial score (nSPS) is 13.6. The highest BCUT2D eigenvalue weighted by molar-refractivity contribution is 7.21. The third-order valence-corrected chi connectivity index (χ3v) is 13.0. The Kier molecular flexibility index (Phi) is 4.67. The Balaban J connectivity index is 1.51. The number of nitrogens with zero attached hydrogens (tertiary/aromatic N) is 1. The molecule has 3 heterocycles. The lowest BCUT2D eigenvalue weighted by Gasteiger charge is -2.27. The second-order valence-electron chi connectivity index (χ2n) is 10.4. The van der Waals surface area contributed by atoms with Crippen LogP contribution >= 0.6 is 0 Å². The number of aryl methyl sites for hydroxylation is 1. The van der Waals surface area contributed by atoms with Gasteiger partial charge in [0.25, 0.3) is 0 Å². The summed E-state index contributed by atoms with van der Waals surface area (Å²) in [5.74, 6) is 0.834. The van der Waals surface area contributed by atoms with Crippen LogP contribution in [-0.4, -0.2) is 8.07 Å². The van der Waals surface area contributed by atoms with Gasteiger partial charge in [-0.15, -0.1) is 0 Å². The predicted molar refractivity (Wildman–Crippen MR) is 160 cm³/mol. The fraction of sp³-hybridized carbons (Fsp3) is 0.0571. The number of para-hydroxylation sites is 1. The topological polar surface area (TPSA) is 30.2 Å². The van der Waals surface area contributed by atoms with Gasteiger partial charge in [-0.2, -0.15) is 4.57 Å². The third-order valence-electron chi connectivity index (χ3n) is 8.36. The molecule has 0 aliphatic carbocycles. The maximum atomic E-state index is 7.20. The van der Waals surface area contributed by atoms with Gasteiger partial charge in [-0.3, -0.25) is 0 Å². The molecule has 2 aromatic heterocycles. The minimum Gasteiger partial charge on any atom is -0.455 e. The van der Waals surface area contributed by atoms with Crippen molar-refractivity contribution in [3.05, 3.63) is 127 Å². The molecule has 0 atom stereocenters. The van der Waals surface area contributed by atoms with E-state index in [-0.39, 0.29) is 0 Å². The van der Waals surface area contributed by atoms with Gasteiger partial charge in [-0.1, -0.05) is 109 Å². The van der Waals surface area contributed by atoms with E-state index in [2.05, 4.69) is 128 Å². The number of hydrogen-bond donors (Lipinski definition) is 0. The average molecular weight is 521 g/mol. The Morgan fingerprint density at radius 3 is 2.00 bits per heavy atom. The first-order valence-electron chi connectivity index (χ1n) is 13.3. The van der Waals surface area contributed by atoms with Gasteiger partial charge in [0.2, 0.25) is 13.8 Å². The number of furan rings is 1. The molecule has 0 N–H and O–H groups in total. The van der Waals surface area contributed by atoms with E-state index in [1.165, 1.54) is 21.1 Å². The second kappa shape index (κ2) is 8.16. The SMILES string of the molecule is Cc1ccc2c(oc3ccccc32)c1-c1oc2c([n+]1C)-c1ccccc1[Si]2(c1ccccc1)c1ccccc1. The van der Waals surface area contributed by atoms with Gasteiger partial charge in [-0.05, 0) is 40.2 Å². The van der Waals surface area contributed by atoms with Crippen LogP contribution in [0.1, 0.15) is 5.56 Å². The van der Waals surface area contributed by atoms with E-state index in [9.17, 15) is 0 Å². The van der Waals surface area contributed by atoms with Crippen LogP contribution in [0.25, 0.3) is 44.7 Å². The third kappa shape index (κ3) is 2.89. The first-order chi connectivity index (χ1) is 19.2. The Bertz CT molecular complexity index is 2000. The van der Waals surface area contributed by atoms with E-state index in [0.29, 0.717) is 0 Å². The number of aromatic nitrogens is 1. The van der Waals surface area contributed by atoms with Crippen LogP contribution in [0.3, 0.4) is 0 Å². The average Bonchev–Trinajstić information content (AvgIpc) is 3.62. The van der Waals surface area contributed by atoms with Crippen LogP contribution in [0, 0.1) is 6.92 Å². The van der Waals surface area contributed by atoms with Crippen molar-refractivity contribution in [2.24, 2.45) is 7.05 Å². The molecule has 0 spiro atoms. The summed E-state index contributed by atoms with van der Waals surface area (Å²) in [4.78, 5) is 0. The van der Waals surface area contributed by atoms with E-state index in [0.717, 1.165) is 50.0 Å². The molecule has 7 aromatic rings. The van der Waals surface area contributed by atoms with E-state index in [1.54, 1.807) is 0 Å². The zero-order valence-electron chi connectivity index (χ0n) is 21.8. The standard InChI is InChI=1S/C35H26NO2Si/c1-23-21-22-27-26-17-9-11-19-29(26)37-33(27)31(23)34-36(2)32-28-18-10-12-20-30(28)39(35(32)38-34,24-13-5-3-6-14-24)25-15-7-4-8-16-25/h3-22H,1-2H3/q+1. The lowest BCUT2D eigenvalue weighted by atomic mass is 10.0. The van der Waals surface area contributed by atoms with Crippen molar-refractivity contribution in [2.75, 3.05) is 0 Å². The van der Waals surface area contributed by atoms with E-state index < -0.39 is 8.07 Å². The molecular weight excluding hydrogens is 494 g/mol. The van der Waals surface area contributed by atoms with Gasteiger partial charge in [0.05, 0.1) is 0 Å². The number of rotatable bonds is 3. The molecule has 0 amide bonds. The van der Waals surface area contributed by atoms with Crippen LogP contribution < -0.4 is 25.5 Å². The number of benzene rings is 5. The van der Waals surface area contributed by atoms with Gasteiger partial charge in [0.1, 0.15) is 18.2 Å². The van der Waals surface area contributed by atoms with Gasteiger partial charge in [0.15, 0.2) is 11.0 Å². The molecule has 0 saturated heterocycles. The lowest BCUT2D eigenvalue weighted by Crippen LogP contribution is -2.72. The molecule has 39 heavy (non-hydrogen) atoms. The van der Waals surface area contributed by atoms with Crippen LogP contribution in [0.5, 0.6) is 0 Å². The van der Waals surface area contributed by atoms with Crippen molar-refractivity contribution >= 4 is 51.0 Å². The number of fused-ring (bicyclic) bond motifs is 6. The summed E-state index contributed by atoms with van der Waals surface area (Å²) in [5, 5.41) is 7.32. The summed E-state index contributed by atoms with van der Waals surface area (Å²) in [5.41, 5.74) is 6.32. The molecule has 0 bridgehead atoms. The molecule has 186 valence electrons. The molecule has 8 rings (SSSR count). The fourth-order valence-electron chi connectivity index (χ4n) is 6.65. The molecule has 1 aliphatic rings. The summed E-state index contributed by atoms with van der Waals surface area (Å²) >= 11 is 0. The van der Waals surface area contributed by atoms with Crippen molar-refractivity contribution < 1.29 is 13.4 Å². The van der Waals surface area contributed by atoms with Crippen molar-refractivity contribution in [2.45, 2.75) is 6.92 Å². The maximum Gasteiger partial charge on any atom is 0.384 e. The fourth-order valence-corrected chi connectivity index (χ4v) is 11.6. The zero-order chi connectivity index (χ0) is 26.1. The molecule has 0 fully saturated rings. The largest absolute Gasteiger partial charge is 0.455 e. The molecule has 1 aliphatic heterocycles. The molecule has 4 heteroatoms. The molecule has 0 unspecified atom stereocenters. The highest BCUT2D eigenvalue weighted by Crippen LogP contribution is 2.38. The van der Waals surface area contributed by atoms with Crippen molar-refractivity contribution in [3.8, 4) is 22.7 Å². The zero-order valence-corrected chi connectivity index (χ0v) is 22.8. The van der Waals surface area contributed by atoms with Crippen molar-refractivity contribution in [3.63, 3.8) is 0 Å². The Morgan fingerprint density at radius 2 is 1.26 bits per heavy atom. The number of oxazole rings is 1. The van der Waals surface area contributed by atoms with Gasteiger partial charge in [-0.25, -0.2) is 0 Å². The lowest BCUT2D eigenvalue weighted by molar-refractivity contribution is -0.651. The second-order valence-corrected chi connectivity index (χ2v) is 14.1. The first kappa shape index (κ1) is 22.3. The van der Waals surface area contributed by atoms with E-state index >= 15 is 0 Å².